The molecule has 28 heteroatoms. The van der Waals surface area contributed by atoms with E-state index in [1.807, 2.05) is 0 Å². The van der Waals surface area contributed by atoms with Crippen molar-refractivity contribution >= 4 is 43.9 Å². The van der Waals surface area contributed by atoms with Gasteiger partial charge in [0.2, 0.25) is 0 Å². The second-order valence-corrected chi connectivity index (χ2v) is 2.08. The Morgan fingerprint density at radius 1 is 0.179 bits per heavy atom. The molecule has 0 rings (SSSR count). The maximum atomic E-state index is 7.17. The van der Waals surface area contributed by atoms with Gasteiger partial charge in [0.05, 0.1) is 0 Å². The highest BCUT2D eigenvalue weighted by Gasteiger charge is 1.94. The molecule has 0 amide bonds. The Hall–Kier alpha value is -0.490. The molecule has 0 aromatic carbocycles. The lowest BCUT2D eigenvalue weighted by molar-refractivity contribution is 0.276. The molecule has 22 nitrogen and oxygen atoms in total. The van der Waals surface area contributed by atoms with Gasteiger partial charge < -0.3 is 112 Å². The van der Waals surface area contributed by atoms with Gasteiger partial charge in [-0.3, -0.25) is 0 Å². The Bertz CT molecular complexity index is 96.0. The van der Waals surface area contributed by atoms with Gasteiger partial charge in [-0.05, 0) is 0 Å². The van der Waals surface area contributed by atoms with Gasteiger partial charge in [0.1, 0.15) is 0 Å². The molecule has 0 saturated heterocycles. The zero-order valence-corrected chi connectivity index (χ0v) is 13.5. The van der Waals surface area contributed by atoms with Crippen molar-refractivity contribution in [2.45, 2.75) is 0 Å². The SMILES string of the molecule is O.O.O.O.OB(O)O.OB(O)O.OB(O)O.OB(O)O.OB(O)O.OB(O)O. The maximum absolute atomic E-state index is 7.17. The maximum Gasteiger partial charge on any atom is 0.631 e. The number of hydrogen-bond donors (Lipinski definition) is 18. The van der Waals surface area contributed by atoms with Crippen molar-refractivity contribution < 1.29 is 112 Å². The minimum atomic E-state index is -2.17. The molecule has 0 bridgehead atoms. The lowest BCUT2D eigenvalue weighted by atomic mass is 10.3. The Labute approximate surface area is 157 Å². The van der Waals surface area contributed by atoms with E-state index < -0.39 is 43.9 Å². The normalized spacial score (nSPS) is 5.79. The van der Waals surface area contributed by atoms with Crippen LogP contribution in [0.15, 0.2) is 0 Å². The van der Waals surface area contributed by atoms with Crippen LogP contribution in [-0.4, -0.2) is 156 Å². The van der Waals surface area contributed by atoms with E-state index >= 15 is 0 Å². The summed E-state index contributed by atoms with van der Waals surface area (Å²) >= 11 is 0. The van der Waals surface area contributed by atoms with E-state index in [2.05, 4.69) is 0 Å². The summed E-state index contributed by atoms with van der Waals surface area (Å²) in [6, 6.07) is 0. The molecule has 28 heavy (non-hydrogen) atoms. The van der Waals surface area contributed by atoms with Gasteiger partial charge in [0, 0.05) is 0 Å². The van der Waals surface area contributed by atoms with Crippen molar-refractivity contribution in [1.82, 2.24) is 0 Å². The number of hydrogen-bond acceptors (Lipinski definition) is 18. The van der Waals surface area contributed by atoms with Crippen LogP contribution in [0, 0.1) is 0 Å². The third kappa shape index (κ3) is 63700. The first kappa shape index (κ1) is 63.1. The van der Waals surface area contributed by atoms with Crippen LogP contribution in [0.2, 0.25) is 0 Å². The molecule has 0 saturated carbocycles. The van der Waals surface area contributed by atoms with Crippen molar-refractivity contribution in [3.05, 3.63) is 0 Å². The van der Waals surface area contributed by atoms with Gasteiger partial charge in [0.15, 0.2) is 0 Å². The first-order valence-corrected chi connectivity index (χ1v) is 4.65. The lowest BCUT2D eigenvalue weighted by Crippen LogP contribution is -2.07. The van der Waals surface area contributed by atoms with Crippen molar-refractivity contribution in [3.8, 4) is 0 Å². The Morgan fingerprint density at radius 3 is 0.179 bits per heavy atom. The molecule has 0 aliphatic carbocycles. The van der Waals surface area contributed by atoms with Crippen molar-refractivity contribution in [1.29, 1.82) is 0 Å². The third-order valence-electron chi connectivity index (χ3n) is 0. The molecular weight excluding hydrogens is 417 g/mol. The van der Waals surface area contributed by atoms with Crippen LogP contribution in [0.1, 0.15) is 0 Å². The fourth-order valence-electron chi connectivity index (χ4n) is 0. The molecule has 0 aromatic heterocycles. The summed E-state index contributed by atoms with van der Waals surface area (Å²) in [5.41, 5.74) is 0. The summed E-state index contributed by atoms with van der Waals surface area (Å²) in [6.45, 7) is 0. The largest absolute Gasteiger partial charge is 0.631 e. The Balaban J connectivity index is -0.0000000169. The molecule has 26 N–H and O–H groups in total. The molecule has 0 aliphatic rings. The smallest absolute Gasteiger partial charge is 0.412 e. The summed E-state index contributed by atoms with van der Waals surface area (Å²) in [4.78, 5) is 0. The van der Waals surface area contributed by atoms with Crippen LogP contribution in [0.25, 0.3) is 0 Å². The van der Waals surface area contributed by atoms with Crippen molar-refractivity contribution in [3.63, 3.8) is 0 Å². The van der Waals surface area contributed by atoms with E-state index in [0.717, 1.165) is 0 Å². The van der Waals surface area contributed by atoms with Crippen LogP contribution in [0.3, 0.4) is 0 Å². The van der Waals surface area contributed by atoms with E-state index in [-0.39, 0.29) is 21.9 Å². The first-order chi connectivity index (χ1) is 10.4. The molecule has 0 atom stereocenters. The van der Waals surface area contributed by atoms with E-state index in [1.54, 1.807) is 0 Å². The summed E-state index contributed by atoms with van der Waals surface area (Å²) in [5.74, 6) is 0. The minimum Gasteiger partial charge on any atom is -0.412 e. The molecule has 0 aliphatic heterocycles. The Kier molecular flexibility index (Phi) is 127. The van der Waals surface area contributed by atoms with Crippen LogP contribution in [-0.2, 0) is 0 Å². The molecular formula is H26B6O22. The van der Waals surface area contributed by atoms with E-state index in [1.165, 1.54) is 0 Å². The minimum absolute atomic E-state index is 0. The summed E-state index contributed by atoms with van der Waals surface area (Å²) in [5, 5.41) is 129. The fraction of sp³-hybridized carbons (Fsp3) is 0. The fourth-order valence-corrected chi connectivity index (χ4v) is 0. The number of rotatable bonds is 0. The third-order valence-corrected chi connectivity index (χ3v) is 0. The molecule has 176 valence electrons. The lowest BCUT2D eigenvalue weighted by Gasteiger charge is -1.69. The van der Waals surface area contributed by atoms with Crippen LogP contribution < -0.4 is 0 Å². The van der Waals surface area contributed by atoms with Crippen molar-refractivity contribution in [2.24, 2.45) is 0 Å². The second-order valence-electron chi connectivity index (χ2n) is 2.08. The first-order valence-electron chi connectivity index (χ1n) is 4.65. The van der Waals surface area contributed by atoms with Gasteiger partial charge in [-0.15, -0.1) is 0 Å². The molecule has 0 radical (unpaired) electrons. The molecule has 0 fully saturated rings. The van der Waals surface area contributed by atoms with Gasteiger partial charge >= 0.3 is 43.9 Å². The predicted molar refractivity (Wildman–Crippen MR) is 88.9 cm³/mol. The highest BCUT2D eigenvalue weighted by molar-refractivity contribution is 6.31. The summed E-state index contributed by atoms with van der Waals surface area (Å²) in [7, 11) is -13.0. The van der Waals surface area contributed by atoms with Gasteiger partial charge in [-0.25, -0.2) is 0 Å². The topological polar surface area (TPSA) is 490 Å². The zero-order chi connectivity index (χ0) is 21.5. The average Bonchev–Trinajstić information content (AvgIpc) is 2.08. The highest BCUT2D eigenvalue weighted by Crippen LogP contribution is 1.42. The summed E-state index contributed by atoms with van der Waals surface area (Å²) < 4.78 is 0. The van der Waals surface area contributed by atoms with Crippen LogP contribution in [0.4, 0.5) is 0 Å². The molecule has 0 aromatic rings. The quantitative estimate of drug-likeness (QED) is 0.154. The predicted octanol–water partition coefficient (Wildman–Crippen LogP) is -15.6. The van der Waals surface area contributed by atoms with Gasteiger partial charge in [0.25, 0.3) is 0 Å². The van der Waals surface area contributed by atoms with E-state index in [0.29, 0.717) is 0 Å². The van der Waals surface area contributed by atoms with E-state index in [9.17, 15) is 0 Å². The van der Waals surface area contributed by atoms with Crippen LogP contribution in [0.5, 0.6) is 0 Å². The molecule has 0 heterocycles. The van der Waals surface area contributed by atoms with Gasteiger partial charge in [-0.2, -0.15) is 0 Å². The second kappa shape index (κ2) is 56.3. The summed E-state index contributed by atoms with van der Waals surface area (Å²) in [6.07, 6.45) is 0. The van der Waals surface area contributed by atoms with E-state index in [4.69, 9.17) is 90.4 Å². The average molecular weight is 443 g/mol. The standard InChI is InChI=1S/6BH3O3.4H2O/c6*2-1(3)4;;;;/h6*2-4H;4*1H2. The zero-order valence-electron chi connectivity index (χ0n) is 13.5. The Morgan fingerprint density at radius 2 is 0.179 bits per heavy atom. The van der Waals surface area contributed by atoms with Gasteiger partial charge in [-0.1, -0.05) is 0 Å². The molecule has 0 unspecified atom stereocenters. The monoisotopic (exact) mass is 444 g/mol. The molecule has 0 spiro atoms. The van der Waals surface area contributed by atoms with Crippen LogP contribution >= 0.6 is 0 Å². The van der Waals surface area contributed by atoms with Crippen molar-refractivity contribution in [2.75, 3.05) is 0 Å². The highest BCUT2D eigenvalue weighted by atomic mass is 16.5.